The Balaban J connectivity index is 1.82. The van der Waals surface area contributed by atoms with Crippen LogP contribution in [-0.4, -0.2) is 4.98 Å². The molecule has 0 aliphatic carbocycles. The molecule has 0 aliphatic heterocycles. The highest BCUT2D eigenvalue weighted by atomic mass is 14.7. The maximum atomic E-state index is 4.69. The summed E-state index contributed by atoms with van der Waals surface area (Å²) in [5, 5.41) is 0. The minimum Gasteiger partial charge on any atom is -0.249 e. The lowest BCUT2D eigenvalue weighted by Crippen LogP contribution is -1.87. The van der Waals surface area contributed by atoms with Gasteiger partial charge in [0, 0.05) is 0 Å². The smallest absolute Gasteiger partial charge is 0.0639 e. The molecule has 0 amide bonds. The van der Waals surface area contributed by atoms with Gasteiger partial charge in [-0.2, -0.15) is 0 Å². The van der Waals surface area contributed by atoms with Crippen LogP contribution in [0, 0.1) is 6.92 Å². The van der Waals surface area contributed by atoms with Gasteiger partial charge in [-0.1, -0.05) is 72.8 Å². The minimum absolute atomic E-state index is 0.974. The van der Waals surface area contributed by atoms with Crippen LogP contribution in [0.3, 0.4) is 0 Å². The predicted molar refractivity (Wildman–Crippen MR) is 99.7 cm³/mol. The maximum Gasteiger partial charge on any atom is 0.0639 e. The van der Waals surface area contributed by atoms with E-state index in [4.69, 9.17) is 4.98 Å². The van der Waals surface area contributed by atoms with E-state index in [0.29, 0.717) is 0 Å². The fourth-order valence-corrected chi connectivity index (χ4v) is 2.38. The van der Waals surface area contributed by atoms with Crippen molar-refractivity contribution in [2.75, 3.05) is 0 Å². The van der Waals surface area contributed by atoms with Crippen LogP contribution in [0.2, 0.25) is 0 Å². The van der Waals surface area contributed by atoms with E-state index < -0.39 is 0 Å². The number of aryl methyl sites for hydroxylation is 1. The number of hydrogen-bond acceptors (Lipinski definition) is 1. The fourth-order valence-electron chi connectivity index (χ4n) is 2.38. The van der Waals surface area contributed by atoms with Crippen LogP contribution >= 0.6 is 0 Å². The van der Waals surface area contributed by atoms with Crippen molar-refractivity contribution in [1.82, 2.24) is 4.98 Å². The van der Waals surface area contributed by atoms with Crippen LogP contribution in [0.25, 0.3) is 24.3 Å². The molecule has 1 aromatic heterocycles. The van der Waals surface area contributed by atoms with E-state index in [1.165, 1.54) is 16.7 Å². The van der Waals surface area contributed by atoms with Gasteiger partial charge in [0.2, 0.25) is 0 Å². The SMILES string of the molecule is Cc1cc(/C=C\c2ccccc2)nc(/C=C/c2ccccc2)c1. The molecule has 0 saturated carbocycles. The summed E-state index contributed by atoms with van der Waals surface area (Å²) in [6, 6.07) is 24.7. The highest BCUT2D eigenvalue weighted by Gasteiger charge is 1.96. The Bertz CT molecular complexity index is 747. The maximum absolute atomic E-state index is 4.69. The number of rotatable bonds is 4. The van der Waals surface area contributed by atoms with Crippen LogP contribution in [0.4, 0.5) is 0 Å². The predicted octanol–water partition coefficient (Wildman–Crippen LogP) is 5.73. The number of nitrogens with zero attached hydrogens (tertiary/aromatic N) is 1. The molecule has 1 heteroatoms. The first-order chi connectivity index (χ1) is 11.3. The fraction of sp³-hybridized carbons (Fsp3) is 0.0455. The third-order valence-corrected chi connectivity index (χ3v) is 3.50. The first-order valence-corrected chi connectivity index (χ1v) is 7.74. The van der Waals surface area contributed by atoms with Crippen LogP contribution in [0.1, 0.15) is 28.1 Å². The lowest BCUT2D eigenvalue weighted by atomic mass is 10.1. The molecule has 0 saturated heterocycles. The van der Waals surface area contributed by atoms with Crippen molar-refractivity contribution in [2.45, 2.75) is 6.92 Å². The van der Waals surface area contributed by atoms with Crippen LogP contribution in [-0.2, 0) is 0 Å². The molecule has 0 unspecified atom stereocenters. The van der Waals surface area contributed by atoms with Crippen molar-refractivity contribution in [3.8, 4) is 0 Å². The molecule has 23 heavy (non-hydrogen) atoms. The van der Waals surface area contributed by atoms with Gasteiger partial charge in [0.05, 0.1) is 11.4 Å². The number of aromatic nitrogens is 1. The normalized spacial score (nSPS) is 11.3. The Labute approximate surface area is 137 Å². The quantitative estimate of drug-likeness (QED) is 0.599. The summed E-state index contributed by atoms with van der Waals surface area (Å²) in [5.41, 5.74) is 5.51. The van der Waals surface area contributed by atoms with Crippen molar-refractivity contribution >= 4 is 24.3 Å². The molecule has 0 N–H and O–H groups in total. The topological polar surface area (TPSA) is 12.9 Å². The average Bonchev–Trinajstić information content (AvgIpc) is 2.60. The van der Waals surface area contributed by atoms with Gasteiger partial charge in [-0.25, -0.2) is 4.98 Å². The van der Waals surface area contributed by atoms with E-state index in [-0.39, 0.29) is 0 Å². The van der Waals surface area contributed by atoms with Gasteiger partial charge in [-0.15, -0.1) is 0 Å². The van der Waals surface area contributed by atoms with Gasteiger partial charge in [0.25, 0.3) is 0 Å². The van der Waals surface area contributed by atoms with Crippen molar-refractivity contribution < 1.29 is 0 Å². The minimum atomic E-state index is 0.974. The number of pyridine rings is 1. The molecule has 3 aromatic rings. The number of benzene rings is 2. The Morgan fingerprint density at radius 3 is 1.48 bits per heavy atom. The molecular formula is C22H19N. The zero-order valence-electron chi connectivity index (χ0n) is 13.2. The van der Waals surface area contributed by atoms with Gasteiger partial charge in [0.15, 0.2) is 0 Å². The van der Waals surface area contributed by atoms with Gasteiger partial charge in [-0.05, 0) is 47.9 Å². The molecule has 1 nitrogen and oxygen atoms in total. The average molecular weight is 297 g/mol. The largest absolute Gasteiger partial charge is 0.249 e. The Morgan fingerprint density at radius 1 is 0.609 bits per heavy atom. The van der Waals surface area contributed by atoms with Crippen LogP contribution in [0.5, 0.6) is 0 Å². The molecule has 112 valence electrons. The Morgan fingerprint density at radius 2 is 1.04 bits per heavy atom. The highest BCUT2D eigenvalue weighted by molar-refractivity contribution is 5.71. The van der Waals surface area contributed by atoms with Gasteiger partial charge in [0.1, 0.15) is 0 Å². The number of hydrogen-bond donors (Lipinski definition) is 0. The second-order valence-corrected chi connectivity index (χ2v) is 5.48. The lowest BCUT2D eigenvalue weighted by Gasteiger charge is -2.01. The van der Waals surface area contributed by atoms with Crippen LogP contribution < -0.4 is 0 Å². The molecule has 0 aliphatic rings. The standard InChI is InChI=1S/C22H19N/c1-18-16-21(14-12-19-8-4-2-5-9-19)23-22(17-18)15-13-20-10-6-3-7-11-20/h2-17H,1H3/b14-12-,15-13+. The van der Waals surface area contributed by atoms with Crippen molar-refractivity contribution in [1.29, 1.82) is 0 Å². The van der Waals surface area contributed by atoms with E-state index in [1.807, 2.05) is 36.4 Å². The Hall–Kier alpha value is -2.93. The third kappa shape index (κ3) is 4.52. The van der Waals surface area contributed by atoms with E-state index in [1.54, 1.807) is 0 Å². The molecule has 3 rings (SSSR count). The zero-order valence-corrected chi connectivity index (χ0v) is 13.2. The lowest BCUT2D eigenvalue weighted by molar-refractivity contribution is 1.23. The van der Waals surface area contributed by atoms with E-state index >= 15 is 0 Å². The van der Waals surface area contributed by atoms with E-state index in [2.05, 4.69) is 67.6 Å². The summed E-state index contributed by atoms with van der Waals surface area (Å²) < 4.78 is 0. The molecule has 1 heterocycles. The molecule has 0 fully saturated rings. The van der Waals surface area contributed by atoms with Crippen LogP contribution in [0.15, 0.2) is 72.8 Å². The second kappa shape index (κ2) is 7.37. The molecule has 0 atom stereocenters. The second-order valence-electron chi connectivity index (χ2n) is 5.48. The van der Waals surface area contributed by atoms with Crippen molar-refractivity contribution in [2.24, 2.45) is 0 Å². The summed E-state index contributed by atoms with van der Waals surface area (Å²) in [4.78, 5) is 4.69. The summed E-state index contributed by atoms with van der Waals surface area (Å²) in [6.07, 6.45) is 8.29. The van der Waals surface area contributed by atoms with Crippen molar-refractivity contribution in [3.63, 3.8) is 0 Å². The first kappa shape index (κ1) is 15.0. The molecule has 0 radical (unpaired) electrons. The van der Waals surface area contributed by atoms with Gasteiger partial charge >= 0.3 is 0 Å². The molecule has 0 spiro atoms. The molecule has 0 bridgehead atoms. The first-order valence-electron chi connectivity index (χ1n) is 7.74. The summed E-state index contributed by atoms with van der Waals surface area (Å²) in [6.45, 7) is 2.10. The van der Waals surface area contributed by atoms with Crippen molar-refractivity contribution in [3.05, 3.63) is 101 Å². The summed E-state index contributed by atoms with van der Waals surface area (Å²) >= 11 is 0. The summed E-state index contributed by atoms with van der Waals surface area (Å²) in [5.74, 6) is 0. The molecular weight excluding hydrogens is 278 g/mol. The van der Waals surface area contributed by atoms with E-state index in [9.17, 15) is 0 Å². The summed E-state index contributed by atoms with van der Waals surface area (Å²) in [7, 11) is 0. The Kier molecular flexibility index (Phi) is 4.80. The third-order valence-electron chi connectivity index (χ3n) is 3.50. The van der Waals surface area contributed by atoms with E-state index in [0.717, 1.165) is 11.4 Å². The monoisotopic (exact) mass is 297 g/mol. The van der Waals surface area contributed by atoms with Gasteiger partial charge in [-0.3, -0.25) is 0 Å². The highest BCUT2D eigenvalue weighted by Crippen LogP contribution is 2.12. The molecule has 2 aromatic carbocycles. The zero-order chi connectivity index (χ0) is 15.9. The van der Waals surface area contributed by atoms with Gasteiger partial charge < -0.3 is 0 Å².